The molecule has 1 heterocycles. The lowest BCUT2D eigenvalue weighted by Crippen LogP contribution is -2.14. The van der Waals surface area contributed by atoms with Gasteiger partial charge in [0, 0.05) is 12.0 Å². The first-order chi connectivity index (χ1) is 14.0. The fraction of sp³-hybridized carbons (Fsp3) is 0.292. The zero-order valence-corrected chi connectivity index (χ0v) is 18.7. The van der Waals surface area contributed by atoms with E-state index >= 15 is 0 Å². The lowest BCUT2D eigenvalue weighted by atomic mass is 9.93. The topological polar surface area (TPSA) is 84.6 Å². The Bertz CT molecular complexity index is 1240. The number of hydrogen-bond acceptors (Lipinski definition) is 5. The molecule has 30 heavy (non-hydrogen) atoms. The average Bonchev–Trinajstić information content (AvgIpc) is 2.66. The molecule has 5 nitrogen and oxygen atoms in total. The predicted molar refractivity (Wildman–Crippen MR) is 118 cm³/mol. The van der Waals surface area contributed by atoms with E-state index in [-0.39, 0.29) is 34.1 Å². The van der Waals surface area contributed by atoms with Gasteiger partial charge in [-0.05, 0) is 63.4 Å². The standard InChI is InChI=1S/C24H26O5S/c1-14-6-8-19(9-7-14)30(27,28)11-10-20-18(5)23(25)22(24(26)29-20)21-16(3)12-15(2)13-17(21)4/h6-9,12-13,25H,10-11H2,1-5H3. The fourth-order valence-electron chi connectivity index (χ4n) is 3.78. The molecule has 2 aromatic carbocycles. The Hall–Kier alpha value is -2.86. The molecule has 0 aliphatic heterocycles. The van der Waals surface area contributed by atoms with Crippen LogP contribution in [0.4, 0.5) is 0 Å². The Labute approximate surface area is 176 Å². The van der Waals surface area contributed by atoms with Crippen molar-refractivity contribution in [2.45, 2.75) is 45.9 Å². The molecule has 0 aliphatic rings. The van der Waals surface area contributed by atoms with Crippen LogP contribution in [0.15, 0.2) is 50.5 Å². The lowest BCUT2D eigenvalue weighted by Gasteiger charge is -2.15. The number of sulfone groups is 1. The van der Waals surface area contributed by atoms with E-state index in [1.165, 1.54) is 0 Å². The van der Waals surface area contributed by atoms with Crippen LogP contribution in [0.5, 0.6) is 5.75 Å². The molecule has 0 saturated heterocycles. The van der Waals surface area contributed by atoms with E-state index < -0.39 is 15.5 Å². The van der Waals surface area contributed by atoms with E-state index in [4.69, 9.17) is 4.42 Å². The van der Waals surface area contributed by atoms with Crippen molar-refractivity contribution in [3.63, 3.8) is 0 Å². The van der Waals surface area contributed by atoms with Gasteiger partial charge >= 0.3 is 5.63 Å². The molecule has 0 unspecified atom stereocenters. The number of benzene rings is 2. The van der Waals surface area contributed by atoms with Crippen LogP contribution in [-0.4, -0.2) is 19.3 Å². The molecule has 6 heteroatoms. The summed E-state index contributed by atoms with van der Waals surface area (Å²) in [4.78, 5) is 13.0. The van der Waals surface area contributed by atoms with E-state index in [0.29, 0.717) is 11.1 Å². The van der Waals surface area contributed by atoms with Crippen LogP contribution in [0.3, 0.4) is 0 Å². The van der Waals surface area contributed by atoms with Gasteiger partial charge in [-0.3, -0.25) is 0 Å². The van der Waals surface area contributed by atoms with Crippen LogP contribution in [-0.2, 0) is 16.3 Å². The molecule has 0 atom stereocenters. The van der Waals surface area contributed by atoms with Crippen molar-refractivity contribution in [2.75, 3.05) is 5.75 Å². The van der Waals surface area contributed by atoms with Gasteiger partial charge in [0.2, 0.25) is 0 Å². The second-order valence-electron chi connectivity index (χ2n) is 7.82. The minimum Gasteiger partial charge on any atom is -0.507 e. The van der Waals surface area contributed by atoms with Gasteiger partial charge < -0.3 is 9.52 Å². The molecule has 0 amide bonds. The third-order valence-electron chi connectivity index (χ3n) is 5.34. The van der Waals surface area contributed by atoms with Gasteiger partial charge in [0.1, 0.15) is 17.1 Å². The molecule has 1 N–H and O–H groups in total. The lowest BCUT2D eigenvalue weighted by molar-refractivity contribution is 0.422. The molecule has 0 aliphatic carbocycles. The second-order valence-corrected chi connectivity index (χ2v) is 9.93. The zero-order valence-electron chi connectivity index (χ0n) is 17.9. The van der Waals surface area contributed by atoms with Gasteiger partial charge in [0.05, 0.1) is 10.6 Å². The Kier molecular flexibility index (Phi) is 5.90. The summed E-state index contributed by atoms with van der Waals surface area (Å²) in [5.41, 5.74) is 4.24. The second kappa shape index (κ2) is 8.11. The highest BCUT2D eigenvalue weighted by atomic mass is 32.2. The zero-order chi connectivity index (χ0) is 22.2. The maximum Gasteiger partial charge on any atom is 0.347 e. The van der Waals surface area contributed by atoms with Crippen molar-refractivity contribution in [1.29, 1.82) is 0 Å². The summed E-state index contributed by atoms with van der Waals surface area (Å²) in [7, 11) is -3.54. The van der Waals surface area contributed by atoms with Gasteiger partial charge in [-0.25, -0.2) is 13.2 Å². The average molecular weight is 427 g/mol. The molecular weight excluding hydrogens is 400 g/mol. The molecule has 158 valence electrons. The molecule has 0 saturated carbocycles. The quantitative estimate of drug-likeness (QED) is 0.646. The highest BCUT2D eigenvalue weighted by molar-refractivity contribution is 7.91. The van der Waals surface area contributed by atoms with Crippen LogP contribution in [0.1, 0.15) is 33.6 Å². The summed E-state index contributed by atoms with van der Waals surface area (Å²) in [6, 6.07) is 10.5. The summed E-state index contributed by atoms with van der Waals surface area (Å²) >= 11 is 0. The van der Waals surface area contributed by atoms with Crippen molar-refractivity contribution in [1.82, 2.24) is 0 Å². The smallest absolute Gasteiger partial charge is 0.347 e. The SMILES string of the molecule is Cc1ccc(S(=O)(=O)CCc2oc(=O)c(-c3c(C)cc(C)cc3C)c(O)c2C)cc1. The first-order valence-corrected chi connectivity index (χ1v) is 11.4. The molecule has 0 fully saturated rings. The van der Waals surface area contributed by atoms with Crippen LogP contribution >= 0.6 is 0 Å². The van der Waals surface area contributed by atoms with Crippen molar-refractivity contribution in [3.05, 3.63) is 80.4 Å². The van der Waals surface area contributed by atoms with E-state index in [1.54, 1.807) is 31.2 Å². The Morgan fingerprint density at radius 1 is 0.867 bits per heavy atom. The van der Waals surface area contributed by atoms with Gasteiger partial charge in [-0.1, -0.05) is 35.4 Å². The minimum atomic E-state index is -3.54. The van der Waals surface area contributed by atoms with Crippen molar-refractivity contribution in [2.24, 2.45) is 0 Å². The normalized spacial score (nSPS) is 11.6. The van der Waals surface area contributed by atoms with Crippen LogP contribution in [0, 0.1) is 34.6 Å². The summed E-state index contributed by atoms with van der Waals surface area (Å²) in [6.45, 7) is 9.25. The molecule has 3 rings (SSSR count). The Morgan fingerprint density at radius 2 is 1.43 bits per heavy atom. The van der Waals surface area contributed by atoms with Gasteiger partial charge in [-0.2, -0.15) is 0 Å². The third-order valence-corrected chi connectivity index (χ3v) is 7.07. The highest BCUT2D eigenvalue weighted by Gasteiger charge is 2.23. The monoisotopic (exact) mass is 426 g/mol. The summed E-state index contributed by atoms with van der Waals surface area (Å²) in [5, 5.41) is 10.8. The van der Waals surface area contributed by atoms with Crippen LogP contribution in [0.25, 0.3) is 11.1 Å². The number of aromatic hydroxyl groups is 1. The molecule has 3 aromatic rings. The maximum atomic E-state index is 12.8. The van der Waals surface area contributed by atoms with Crippen molar-refractivity contribution in [3.8, 4) is 16.9 Å². The third kappa shape index (κ3) is 4.19. The maximum absolute atomic E-state index is 12.8. The molecule has 1 aromatic heterocycles. The van der Waals surface area contributed by atoms with E-state index in [9.17, 15) is 18.3 Å². The number of aryl methyl sites for hydroxylation is 5. The summed E-state index contributed by atoms with van der Waals surface area (Å²) < 4.78 is 30.7. The number of hydrogen-bond donors (Lipinski definition) is 1. The number of rotatable bonds is 5. The van der Waals surface area contributed by atoms with Gasteiger partial charge in [0.25, 0.3) is 0 Å². The van der Waals surface area contributed by atoms with Crippen LogP contribution < -0.4 is 5.63 Å². The Morgan fingerprint density at radius 3 is 2.00 bits per heavy atom. The summed E-state index contributed by atoms with van der Waals surface area (Å²) in [5.74, 6) is -0.204. The molecule has 0 radical (unpaired) electrons. The van der Waals surface area contributed by atoms with E-state index in [1.807, 2.05) is 39.8 Å². The van der Waals surface area contributed by atoms with Gasteiger partial charge in [0.15, 0.2) is 9.84 Å². The van der Waals surface area contributed by atoms with Crippen LogP contribution in [0.2, 0.25) is 0 Å². The minimum absolute atomic E-state index is 0.00299. The predicted octanol–water partition coefficient (Wildman–Crippen LogP) is 4.57. The summed E-state index contributed by atoms with van der Waals surface area (Å²) in [6.07, 6.45) is -0.00299. The first-order valence-electron chi connectivity index (χ1n) is 9.74. The Balaban J connectivity index is 1.98. The highest BCUT2D eigenvalue weighted by Crippen LogP contribution is 2.35. The molecule has 0 spiro atoms. The van der Waals surface area contributed by atoms with Crippen molar-refractivity contribution >= 4 is 9.84 Å². The molecule has 0 bridgehead atoms. The van der Waals surface area contributed by atoms with E-state index in [0.717, 1.165) is 22.3 Å². The van der Waals surface area contributed by atoms with Crippen molar-refractivity contribution < 1.29 is 17.9 Å². The largest absolute Gasteiger partial charge is 0.507 e. The molecular formula is C24H26O5S. The fourth-order valence-corrected chi connectivity index (χ4v) is 5.02. The van der Waals surface area contributed by atoms with Gasteiger partial charge in [-0.15, -0.1) is 0 Å². The van der Waals surface area contributed by atoms with E-state index in [2.05, 4.69) is 0 Å². The first kappa shape index (κ1) is 21.8.